The maximum atomic E-state index is 13.6. The molecule has 1 saturated heterocycles. The molecule has 1 aliphatic heterocycles. The van der Waals surface area contributed by atoms with E-state index in [1.165, 1.54) is 51.8 Å². The number of amides is 1. The van der Waals surface area contributed by atoms with Gasteiger partial charge >= 0.3 is 235 Å². The molecular weight excluding hydrogens is 712 g/mol. The van der Waals surface area contributed by atoms with Gasteiger partial charge in [0, 0.05) is 0 Å². The van der Waals surface area contributed by atoms with Crippen molar-refractivity contribution < 1.29 is 13.9 Å². The van der Waals surface area contributed by atoms with E-state index in [9.17, 15) is 9.18 Å². The van der Waals surface area contributed by atoms with Crippen LogP contribution in [-0.4, -0.2) is 98.2 Å². The van der Waals surface area contributed by atoms with Gasteiger partial charge in [-0.05, 0) is 12.1 Å². The number of piperazine rings is 1. The van der Waals surface area contributed by atoms with Gasteiger partial charge in [0.2, 0.25) is 0 Å². The van der Waals surface area contributed by atoms with Gasteiger partial charge in [0.1, 0.15) is 19.0 Å². The Morgan fingerprint density at radius 1 is 1.02 bits per heavy atom. The third-order valence-corrected chi connectivity index (χ3v) is 25.2. The number of carbonyl (C=O) groups excluding carboxylic acids is 1. The maximum absolute atomic E-state index is 13.6. The molecule has 9 nitrogen and oxygen atoms in total. The molecule has 1 amide bonds. The molecule has 0 saturated carbocycles. The number of pyridine rings is 1. The van der Waals surface area contributed by atoms with E-state index in [1.54, 1.807) is 20.6 Å². The predicted octanol–water partition coefficient (Wildman–Crippen LogP) is 6.58. The molecule has 4 rings (SSSR count). The standard InChI is InChI=1S/C25H29FN7O2.3C4H9.Sn/c1-19-16-31(18-23-8-9-24(15-27-23)35-14-11-26)12-13-32(19)25(34)10-7-21-5-3-4-6-22(21)17-33-29-20(2)28-30-33;3*1-3-4-2;/h3,5-10,15,19H,11-14,16-18H2,1-2H3;3*1,3-4H2,2H3;/b10-7+;;;;/t19-;;;;/m1..../s1. The van der Waals surface area contributed by atoms with E-state index in [0.717, 1.165) is 29.9 Å². The first-order chi connectivity index (χ1) is 23.3. The van der Waals surface area contributed by atoms with Crippen LogP contribution < -0.4 is 8.32 Å². The number of halogens is 1. The van der Waals surface area contributed by atoms with Crippen molar-refractivity contribution in [3.8, 4) is 5.75 Å². The van der Waals surface area contributed by atoms with E-state index in [-0.39, 0.29) is 18.6 Å². The van der Waals surface area contributed by atoms with Gasteiger partial charge in [-0.25, -0.2) is 4.39 Å². The van der Waals surface area contributed by atoms with Crippen LogP contribution in [0.2, 0.25) is 13.3 Å². The summed E-state index contributed by atoms with van der Waals surface area (Å²) in [6, 6.07) is 10.9. The zero-order chi connectivity index (χ0) is 34.4. The number of hydrogen-bond donors (Lipinski definition) is 0. The number of hydrogen-bond acceptors (Lipinski definition) is 7. The molecule has 48 heavy (non-hydrogen) atoms. The second kappa shape index (κ2) is 19.4. The molecule has 0 bridgehead atoms. The first-order valence-electron chi connectivity index (χ1n) is 18.0. The Morgan fingerprint density at radius 2 is 1.75 bits per heavy atom. The summed E-state index contributed by atoms with van der Waals surface area (Å²) in [6.07, 6.45) is 13.0. The number of carbonyl (C=O) groups is 1. The molecule has 1 aromatic carbocycles. The van der Waals surface area contributed by atoms with Gasteiger partial charge in [-0.3, -0.25) is 4.98 Å². The molecule has 0 radical (unpaired) electrons. The van der Waals surface area contributed by atoms with E-state index in [4.69, 9.17) is 4.74 Å². The summed E-state index contributed by atoms with van der Waals surface area (Å²) >= 11 is -2.68. The fourth-order valence-corrected chi connectivity index (χ4v) is 22.9. The van der Waals surface area contributed by atoms with E-state index >= 15 is 0 Å². The van der Waals surface area contributed by atoms with Gasteiger partial charge in [0.05, 0.1) is 11.9 Å². The van der Waals surface area contributed by atoms with Gasteiger partial charge < -0.3 is 4.74 Å². The molecular formula is C37H56FN7O2Sn. The van der Waals surface area contributed by atoms with E-state index in [2.05, 4.69) is 71.2 Å². The van der Waals surface area contributed by atoms with Crippen LogP contribution in [0, 0.1) is 6.92 Å². The van der Waals surface area contributed by atoms with Gasteiger partial charge in [-0.2, -0.15) is 0 Å². The topological polar surface area (TPSA) is 89.3 Å². The van der Waals surface area contributed by atoms with E-state index < -0.39 is 25.1 Å². The van der Waals surface area contributed by atoms with Gasteiger partial charge in [0.25, 0.3) is 0 Å². The second-order valence-corrected chi connectivity index (χ2v) is 26.6. The van der Waals surface area contributed by atoms with Crippen molar-refractivity contribution in [2.45, 2.75) is 106 Å². The molecule has 1 atom stereocenters. The van der Waals surface area contributed by atoms with Crippen molar-refractivity contribution >= 4 is 33.9 Å². The Morgan fingerprint density at radius 3 is 2.33 bits per heavy atom. The van der Waals surface area contributed by atoms with Crippen LogP contribution in [0.25, 0.3) is 6.08 Å². The number of aromatic nitrogens is 5. The van der Waals surface area contributed by atoms with Gasteiger partial charge in [-0.1, -0.05) is 0 Å². The number of tetrazole rings is 1. The van der Waals surface area contributed by atoms with Crippen molar-refractivity contribution in [1.29, 1.82) is 0 Å². The van der Waals surface area contributed by atoms with Crippen LogP contribution in [0.4, 0.5) is 4.39 Å². The fraction of sp³-hybridized carbons (Fsp3) is 0.595. The fourth-order valence-electron chi connectivity index (χ4n) is 6.87. The van der Waals surface area contributed by atoms with Crippen LogP contribution >= 0.6 is 0 Å². The van der Waals surface area contributed by atoms with Gasteiger partial charge in [-0.15, -0.1) is 0 Å². The molecule has 262 valence electrons. The minimum absolute atomic E-state index is 0.0294. The number of benzene rings is 1. The van der Waals surface area contributed by atoms with E-state index in [0.29, 0.717) is 31.2 Å². The molecule has 3 aromatic rings. The Balaban J connectivity index is 1.50. The molecule has 0 N–H and O–H groups in total. The monoisotopic (exact) mass is 769 g/mol. The Labute approximate surface area is 291 Å². The van der Waals surface area contributed by atoms with Crippen LogP contribution in [-0.2, 0) is 17.9 Å². The molecule has 0 spiro atoms. The summed E-state index contributed by atoms with van der Waals surface area (Å²) in [5.74, 6) is 1.26. The van der Waals surface area contributed by atoms with Crippen LogP contribution in [0.5, 0.6) is 5.75 Å². The van der Waals surface area contributed by atoms with Gasteiger partial charge in [0.15, 0.2) is 0 Å². The summed E-state index contributed by atoms with van der Waals surface area (Å²) in [5.41, 5.74) is 3.13. The molecule has 1 aliphatic rings. The second-order valence-electron chi connectivity index (χ2n) is 13.3. The average molecular weight is 769 g/mol. The Hall–Kier alpha value is -2.86. The summed E-state index contributed by atoms with van der Waals surface area (Å²) in [7, 11) is 0. The molecule has 2 aromatic heterocycles. The van der Waals surface area contributed by atoms with Crippen LogP contribution in [0.15, 0.2) is 42.6 Å². The normalized spacial score (nSPS) is 15.8. The minimum atomic E-state index is -2.68. The third kappa shape index (κ3) is 10.8. The first-order valence-corrected chi connectivity index (χ1v) is 25.5. The SMILES string of the molecule is CCC[CH2][Sn]([CH2]CCC)([CH2]CCC)[c]1ccc(/C=C/C(=O)N2CCN(Cc3ccc(OCCF)cn3)C[C@H]2C)c(Cn2nnc(C)n2)c1. The number of ether oxygens (including phenoxy) is 1. The van der Waals surface area contributed by atoms with E-state index in [1.807, 2.05) is 30.0 Å². The third-order valence-electron chi connectivity index (χ3n) is 9.58. The summed E-state index contributed by atoms with van der Waals surface area (Å²) in [6.45, 7) is 13.8. The van der Waals surface area contributed by atoms with Crippen LogP contribution in [0.1, 0.15) is 88.9 Å². The van der Waals surface area contributed by atoms with Crippen molar-refractivity contribution in [2.24, 2.45) is 0 Å². The molecule has 11 heteroatoms. The zero-order valence-corrected chi connectivity index (χ0v) is 32.7. The van der Waals surface area contributed by atoms with Crippen molar-refractivity contribution in [3.05, 3.63) is 65.2 Å². The number of aryl methyl sites for hydroxylation is 1. The van der Waals surface area contributed by atoms with Crippen molar-refractivity contribution in [2.75, 3.05) is 32.9 Å². The summed E-state index contributed by atoms with van der Waals surface area (Å²) in [4.78, 5) is 24.0. The summed E-state index contributed by atoms with van der Waals surface area (Å²) in [5, 5.41) is 12.9. The number of unbranched alkanes of at least 4 members (excludes halogenated alkanes) is 3. The number of nitrogens with zero attached hydrogens (tertiary/aromatic N) is 7. The molecule has 3 heterocycles. The molecule has 1 fully saturated rings. The quantitative estimate of drug-likeness (QED) is 0.101. The number of rotatable bonds is 19. The molecule has 0 unspecified atom stereocenters. The summed E-state index contributed by atoms with van der Waals surface area (Å²) < 4.78 is 23.5. The van der Waals surface area contributed by atoms with Crippen LogP contribution in [0.3, 0.4) is 0 Å². The zero-order valence-electron chi connectivity index (χ0n) is 29.8. The Kier molecular flexibility index (Phi) is 15.3. The molecule has 0 aliphatic carbocycles. The van der Waals surface area contributed by atoms with Crippen molar-refractivity contribution in [1.82, 2.24) is 35.0 Å². The first kappa shape index (κ1) is 37.9. The predicted molar refractivity (Wildman–Crippen MR) is 194 cm³/mol. The number of alkyl halides is 1. The average Bonchev–Trinajstić information content (AvgIpc) is 3.51. The van der Waals surface area contributed by atoms with Crippen molar-refractivity contribution in [3.63, 3.8) is 0 Å². The Bertz CT molecular complexity index is 1430.